The Bertz CT molecular complexity index is 434. The molecule has 18 heavy (non-hydrogen) atoms. The molecule has 1 amide bonds. The van der Waals surface area contributed by atoms with E-state index < -0.39 is 6.10 Å². The standard InChI is InChI=1S/C13H19N3O2/c1-16(2)12-6-4-3-5-10(12)15-13(18)11-7-9(17)8-14-11/h3-6,9,11,14,17H,7-8H2,1-2H3,(H,15,18). The van der Waals surface area contributed by atoms with Gasteiger partial charge in [-0.1, -0.05) is 12.1 Å². The predicted octanol–water partition coefficient (Wildman–Crippen LogP) is 0.414. The number of hydrogen-bond acceptors (Lipinski definition) is 4. The normalized spacial score (nSPS) is 22.8. The lowest BCUT2D eigenvalue weighted by Gasteiger charge is -2.19. The van der Waals surface area contributed by atoms with E-state index in [0.717, 1.165) is 11.4 Å². The Hall–Kier alpha value is -1.59. The Morgan fingerprint density at radius 3 is 2.78 bits per heavy atom. The first-order chi connectivity index (χ1) is 8.58. The van der Waals surface area contributed by atoms with Crippen molar-refractivity contribution in [3.63, 3.8) is 0 Å². The molecule has 5 heteroatoms. The van der Waals surface area contributed by atoms with Gasteiger partial charge >= 0.3 is 0 Å². The average molecular weight is 249 g/mol. The predicted molar refractivity (Wildman–Crippen MR) is 71.8 cm³/mol. The van der Waals surface area contributed by atoms with Crippen LogP contribution in [0.3, 0.4) is 0 Å². The number of para-hydroxylation sites is 2. The zero-order valence-electron chi connectivity index (χ0n) is 10.7. The van der Waals surface area contributed by atoms with E-state index in [2.05, 4.69) is 10.6 Å². The number of nitrogens with one attached hydrogen (secondary N) is 2. The maximum Gasteiger partial charge on any atom is 0.241 e. The Labute approximate surface area is 107 Å². The number of benzene rings is 1. The van der Waals surface area contributed by atoms with Crippen molar-refractivity contribution in [2.24, 2.45) is 0 Å². The molecule has 2 unspecified atom stereocenters. The number of nitrogens with zero attached hydrogens (tertiary/aromatic N) is 1. The minimum atomic E-state index is -0.426. The van der Waals surface area contributed by atoms with Gasteiger partial charge in [0, 0.05) is 20.6 Å². The van der Waals surface area contributed by atoms with Gasteiger partial charge in [0.15, 0.2) is 0 Å². The maximum absolute atomic E-state index is 12.0. The fourth-order valence-corrected chi connectivity index (χ4v) is 2.11. The van der Waals surface area contributed by atoms with Crippen LogP contribution in [0, 0.1) is 0 Å². The summed E-state index contributed by atoms with van der Waals surface area (Å²) in [5, 5.41) is 15.3. The van der Waals surface area contributed by atoms with Crippen LogP contribution in [0.5, 0.6) is 0 Å². The van der Waals surface area contributed by atoms with Crippen LogP contribution >= 0.6 is 0 Å². The highest BCUT2D eigenvalue weighted by Gasteiger charge is 2.28. The molecule has 1 aliphatic heterocycles. The van der Waals surface area contributed by atoms with Gasteiger partial charge in [-0.25, -0.2) is 0 Å². The molecule has 2 rings (SSSR count). The number of hydrogen-bond donors (Lipinski definition) is 3. The number of β-amino-alcohol motifs (C(OH)–C–C–N with tert-alkyl or cyclic N) is 1. The molecule has 0 bridgehead atoms. The molecule has 1 saturated heterocycles. The van der Waals surface area contributed by atoms with Crippen LogP contribution in [0.15, 0.2) is 24.3 Å². The van der Waals surface area contributed by atoms with Crippen molar-refractivity contribution in [1.82, 2.24) is 5.32 Å². The van der Waals surface area contributed by atoms with Crippen molar-refractivity contribution in [3.05, 3.63) is 24.3 Å². The van der Waals surface area contributed by atoms with Gasteiger partial charge in [0.25, 0.3) is 0 Å². The van der Waals surface area contributed by atoms with Gasteiger partial charge < -0.3 is 20.6 Å². The fourth-order valence-electron chi connectivity index (χ4n) is 2.11. The maximum atomic E-state index is 12.0. The molecular formula is C13H19N3O2. The summed E-state index contributed by atoms with van der Waals surface area (Å²) in [7, 11) is 3.87. The zero-order chi connectivity index (χ0) is 13.1. The molecule has 2 atom stereocenters. The van der Waals surface area contributed by atoms with Gasteiger partial charge in [-0.2, -0.15) is 0 Å². The van der Waals surface area contributed by atoms with E-state index in [9.17, 15) is 9.90 Å². The summed E-state index contributed by atoms with van der Waals surface area (Å²) in [5.74, 6) is -0.0964. The smallest absolute Gasteiger partial charge is 0.241 e. The Morgan fingerprint density at radius 2 is 2.17 bits per heavy atom. The largest absolute Gasteiger partial charge is 0.392 e. The second-order valence-electron chi connectivity index (χ2n) is 4.75. The lowest BCUT2D eigenvalue weighted by atomic mass is 10.2. The third kappa shape index (κ3) is 2.80. The topological polar surface area (TPSA) is 64.6 Å². The summed E-state index contributed by atoms with van der Waals surface area (Å²) in [6.45, 7) is 0.480. The number of rotatable bonds is 3. The molecule has 0 aromatic heterocycles. The monoisotopic (exact) mass is 249 g/mol. The number of amides is 1. The zero-order valence-corrected chi connectivity index (χ0v) is 10.7. The number of aliphatic hydroxyl groups excluding tert-OH is 1. The summed E-state index contributed by atoms with van der Waals surface area (Å²) < 4.78 is 0. The summed E-state index contributed by atoms with van der Waals surface area (Å²) in [4.78, 5) is 14.0. The quantitative estimate of drug-likeness (QED) is 0.726. The summed E-state index contributed by atoms with van der Waals surface area (Å²) in [6, 6.07) is 7.34. The van der Waals surface area contributed by atoms with Crippen LogP contribution in [0.4, 0.5) is 11.4 Å². The highest BCUT2D eigenvalue weighted by atomic mass is 16.3. The summed E-state index contributed by atoms with van der Waals surface area (Å²) in [6.07, 6.45) is 0.0421. The van der Waals surface area contributed by atoms with Gasteiger partial charge in [0.05, 0.1) is 23.5 Å². The van der Waals surface area contributed by atoms with E-state index in [1.165, 1.54) is 0 Å². The fraction of sp³-hybridized carbons (Fsp3) is 0.462. The van der Waals surface area contributed by atoms with E-state index in [4.69, 9.17) is 0 Å². The van der Waals surface area contributed by atoms with Crippen LogP contribution in [0.25, 0.3) is 0 Å². The van der Waals surface area contributed by atoms with E-state index >= 15 is 0 Å². The second-order valence-corrected chi connectivity index (χ2v) is 4.75. The van der Waals surface area contributed by atoms with Gasteiger partial charge in [-0.15, -0.1) is 0 Å². The number of aliphatic hydroxyl groups is 1. The summed E-state index contributed by atoms with van der Waals surface area (Å²) in [5.41, 5.74) is 1.75. The van der Waals surface area contributed by atoms with Gasteiger partial charge in [-0.3, -0.25) is 4.79 Å². The first kappa shape index (κ1) is 12.9. The third-order valence-corrected chi connectivity index (χ3v) is 3.07. The van der Waals surface area contributed by atoms with E-state index in [0.29, 0.717) is 13.0 Å². The molecular weight excluding hydrogens is 230 g/mol. The van der Waals surface area contributed by atoms with Crippen molar-refractivity contribution >= 4 is 17.3 Å². The van der Waals surface area contributed by atoms with Crippen molar-refractivity contribution in [2.75, 3.05) is 30.9 Å². The number of anilines is 2. The lowest BCUT2D eigenvalue weighted by molar-refractivity contribution is -0.117. The van der Waals surface area contributed by atoms with E-state index in [1.54, 1.807) is 0 Å². The molecule has 1 aromatic rings. The van der Waals surface area contributed by atoms with Gasteiger partial charge in [0.2, 0.25) is 5.91 Å². The number of carbonyl (C=O) groups excluding carboxylic acids is 1. The van der Waals surface area contributed by atoms with Crippen LogP contribution in [0.2, 0.25) is 0 Å². The van der Waals surface area contributed by atoms with E-state index in [-0.39, 0.29) is 11.9 Å². The molecule has 3 N–H and O–H groups in total. The molecule has 0 spiro atoms. The lowest BCUT2D eigenvalue weighted by Crippen LogP contribution is -2.35. The van der Waals surface area contributed by atoms with Crippen LogP contribution in [-0.2, 0) is 4.79 Å². The van der Waals surface area contributed by atoms with E-state index in [1.807, 2.05) is 43.3 Å². The third-order valence-electron chi connectivity index (χ3n) is 3.07. The first-order valence-corrected chi connectivity index (χ1v) is 6.06. The molecule has 0 radical (unpaired) electrons. The minimum Gasteiger partial charge on any atom is -0.392 e. The van der Waals surface area contributed by atoms with Crippen molar-refractivity contribution in [3.8, 4) is 0 Å². The van der Waals surface area contributed by atoms with Gasteiger partial charge in [-0.05, 0) is 18.6 Å². The highest BCUT2D eigenvalue weighted by molar-refractivity contribution is 5.97. The van der Waals surface area contributed by atoms with Crippen molar-refractivity contribution < 1.29 is 9.90 Å². The molecule has 98 valence electrons. The van der Waals surface area contributed by atoms with Crippen molar-refractivity contribution in [1.29, 1.82) is 0 Å². The minimum absolute atomic E-state index is 0.0964. The van der Waals surface area contributed by atoms with Crippen LogP contribution < -0.4 is 15.5 Å². The second kappa shape index (κ2) is 5.37. The van der Waals surface area contributed by atoms with Gasteiger partial charge in [0.1, 0.15) is 0 Å². The Kier molecular flexibility index (Phi) is 3.84. The van der Waals surface area contributed by atoms with Crippen LogP contribution in [0.1, 0.15) is 6.42 Å². The molecule has 1 fully saturated rings. The average Bonchev–Trinajstić information content (AvgIpc) is 2.76. The summed E-state index contributed by atoms with van der Waals surface area (Å²) >= 11 is 0. The van der Waals surface area contributed by atoms with Crippen molar-refractivity contribution in [2.45, 2.75) is 18.6 Å². The highest BCUT2D eigenvalue weighted by Crippen LogP contribution is 2.24. The van der Waals surface area contributed by atoms with Crippen LogP contribution in [-0.4, -0.2) is 43.8 Å². The number of carbonyl (C=O) groups is 1. The Balaban J connectivity index is 2.07. The first-order valence-electron chi connectivity index (χ1n) is 6.06. The molecule has 5 nitrogen and oxygen atoms in total. The molecule has 0 aliphatic carbocycles. The Morgan fingerprint density at radius 1 is 1.44 bits per heavy atom. The molecule has 1 aromatic carbocycles. The molecule has 0 saturated carbocycles. The SMILES string of the molecule is CN(C)c1ccccc1NC(=O)C1CC(O)CN1. The molecule has 1 heterocycles. The molecule has 1 aliphatic rings.